The zero-order valence-corrected chi connectivity index (χ0v) is 14.8. The van der Waals surface area contributed by atoms with Crippen LogP contribution in [-0.4, -0.2) is 42.9 Å². The first-order valence-electron chi connectivity index (χ1n) is 8.04. The molecule has 2 N–H and O–H groups in total. The molecule has 6 nitrogen and oxygen atoms in total. The maximum absolute atomic E-state index is 12.8. The van der Waals surface area contributed by atoms with Gasteiger partial charge in [-0.25, -0.2) is 0 Å². The third-order valence-electron chi connectivity index (χ3n) is 4.22. The summed E-state index contributed by atoms with van der Waals surface area (Å²) in [5.41, 5.74) is 2.17. The Labute approximate surface area is 153 Å². The fraction of sp³-hybridized carbons (Fsp3) is 0.333. The standard InChI is InChI=1S/C18H21N3O3.ClH/c1-19-8-9-20-17(22)15-11-13-5-2-3-6-14(13)12-21(15)18(23)16-7-4-10-24-16;/h2-7,10,15,19H,8-9,11-12H2,1H3,(H,20,22);1H. The third-order valence-corrected chi connectivity index (χ3v) is 4.22. The SMILES string of the molecule is CNCCNC(=O)C1Cc2ccccc2CN1C(=O)c1ccco1.Cl. The lowest BCUT2D eigenvalue weighted by Crippen LogP contribution is -2.53. The Kier molecular flexibility index (Phi) is 6.61. The van der Waals surface area contributed by atoms with Crippen molar-refractivity contribution >= 4 is 24.2 Å². The highest BCUT2D eigenvalue weighted by Crippen LogP contribution is 2.25. The van der Waals surface area contributed by atoms with Crippen molar-refractivity contribution in [3.63, 3.8) is 0 Å². The predicted octanol–water partition coefficient (Wildman–Crippen LogP) is 1.60. The number of hydrogen-bond donors (Lipinski definition) is 2. The molecule has 3 rings (SSSR count). The lowest BCUT2D eigenvalue weighted by atomic mass is 9.93. The number of rotatable bonds is 5. The van der Waals surface area contributed by atoms with Crippen LogP contribution < -0.4 is 10.6 Å². The minimum Gasteiger partial charge on any atom is -0.459 e. The van der Waals surface area contributed by atoms with E-state index in [0.717, 1.165) is 11.1 Å². The summed E-state index contributed by atoms with van der Waals surface area (Å²) >= 11 is 0. The van der Waals surface area contributed by atoms with Crippen LogP contribution in [0.5, 0.6) is 0 Å². The molecule has 1 unspecified atom stereocenters. The van der Waals surface area contributed by atoms with Gasteiger partial charge < -0.3 is 20.0 Å². The van der Waals surface area contributed by atoms with Crippen LogP contribution in [0.4, 0.5) is 0 Å². The number of furan rings is 1. The quantitative estimate of drug-likeness (QED) is 0.791. The number of likely N-dealkylation sites (N-methyl/N-ethyl adjacent to an activating group) is 1. The van der Waals surface area contributed by atoms with Crippen molar-refractivity contribution in [1.82, 2.24) is 15.5 Å². The van der Waals surface area contributed by atoms with Crippen molar-refractivity contribution in [3.8, 4) is 0 Å². The summed E-state index contributed by atoms with van der Waals surface area (Å²) in [6, 6.07) is 10.7. The van der Waals surface area contributed by atoms with E-state index in [9.17, 15) is 9.59 Å². The molecule has 0 radical (unpaired) electrons. The van der Waals surface area contributed by atoms with Crippen LogP contribution in [0.1, 0.15) is 21.7 Å². The molecule has 0 aliphatic carbocycles. The van der Waals surface area contributed by atoms with Gasteiger partial charge in [0.1, 0.15) is 6.04 Å². The molecule has 134 valence electrons. The van der Waals surface area contributed by atoms with Crippen molar-refractivity contribution in [3.05, 3.63) is 59.5 Å². The van der Waals surface area contributed by atoms with E-state index in [4.69, 9.17) is 4.42 Å². The summed E-state index contributed by atoms with van der Waals surface area (Å²) in [5, 5.41) is 5.88. The average Bonchev–Trinajstić information content (AvgIpc) is 3.14. The Morgan fingerprint density at radius 2 is 1.92 bits per heavy atom. The molecule has 0 fully saturated rings. The molecule has 1 atom stereocenters. The Hall–Kier alpha value is -2.31. The van der Waals surface area contributed by atoms with Gasteiger partial charge in [0.15, 0.2) is 5.76 Å². The van der Waals surface area contributed by atoms with Gasteiger partial charge in [-0.1, -0.05) is 24.3 Å². The van der Waals surface area contributed by atoms with Gasteiger partial charge in [-0.15, -0.1) is 12.4 Å². The van der Waals surface area contributed by atoms with Crippen LogP contribution in [0.2, 0.25) is 0 Å². The van der Waals surface area contributed by atoms with E-state index in [1.165, 1.54) is 6.26 Å². The van der Waals surface area contributed by atoms with Crippen molar-refractivity contribution in [1.29, 1.82) is 0 Å². The van der Waals surface area contributed by atoms with Crippen LogP contribution in [0.25, 0.3) is 0 Å². The van der Waals surface area contributed by atoms with Crippen molar-refractivity contribution in [2.45, 2.75) is 19.0 Å². The van der Waals surface area contributed by atoms with Crippen molar-refractivity contribution < 1.29 is 14.0 Å². The third kappa shape index (κ3) is 4.21. The number of hydrogen-bond acceptors (Lipinski definition) is 4. The monoisotopic (exact) mass is 363 g/mol. The number of amides is 2. The zero-order chi connectivity index (χ0) is 16.9. The maximum atomic E-state index is 12.8. The van der Waals surface area contributed by atoms with Crippen LogP contribution in [0.15, 0.2) is 47.1 Å². The number of nitrogens with zero attached hydrogens (tertiary/aromatic N) is 1. The van der Waals surface area contributed by atoms with Crippen LogP contribution >= 0.6 is 12.4 Å². The summed E-state index contributed by atoms with van der Waals surface area (Å²) in [4.78, 5) is 27.0. The summed E-state index contributed by atoms with van der Waals surface area (Å²) in [6.45, 7) is 1.61. The highest BCUT2D eigenvalue weighted by atomic mass is 35.5. The highest BCUT2D eigenvalue weighted by molar-refractivity contribution is 5.96. The number of nitrogens with one attached hydrogen (secondary N) is 2. The Morgan fingerprint density at radius 1 is 1.16 bits per heavy atom. The number of halogens is 1. The second-order valence-corrected chi connectivity index (χ2v) is 5.79. The number of carbonyl (C=O) groups excluding carboxylic acids is 2. The average molecular weight is 364 g/mol. The lowest BCUT2D eigenvalue weighted by Gasteiger charge is -2.35. The van der Waals surface area contributed by atoms with E-state index in [2.05, 4.69) is 10.6 Å². The molecular weight excluding hydrogens is 342 g/mol. The first-order valence-corrected chi connectivity index (χ1v) is 8.04. The van der Waals surface area contributed by atoms with Crippen LogP contribution in [0.3, 0.4) is 0 Å². The number of carbonyl (C=O) groups is 2. The summed E-state index contributed by atoms with van der Waals surface area (Å²) < 4.78 is 5.23. The molecule has 2 heterocycles. The smallest absolute Gasteiger partial charge is 0.290 e. The molecular formula is C18H22ClN3O3. The highest BCUT2D eigenvalue weighted by Gasteiger charge is 2.35. The molecule has 1 aromatic heterocycles. The van der Waals surface area contributed by atoms with E-state index >= 15 is 0 Å². The molecule has 0 saturated carbocycles. The van der Waals surface area contributed by atoms with Gasteiger partial charge >= 0.3 is 0 Å². The minimum absolute atomic E-state index is 0. The first-order chi connectivity index (χ1) is 11.7. The van der Waals surface area contributed by atoms with Gasteiger partial charge in [0, 0.05) is 26.1 Å². The van der Waals surface area contributed by atoms with Crippen molar-refractivity contribution in [2.24, 2.45) is 0 Å². The fourth-order valence-electron chi connectivity index (χ4n) is 2.94. The lowest BCUT2D eigenvalue weighted by molar-refractivity contribution is -0.126. The molecule has 0 bridgehead atoms. The van der Waals surface area contributed by atoms with E-state index in [1.54, 1.807) is 17.0 Å². The molecule has 1 aliphatic heterocycles. The van der Waals surface area contributed by atoms with Gasteiger partial charge in [0.05, 0.1) is 6.26 Å². The second kappa shape index (κ2) is 8.69. The summed E-state index contributed by atoms with van der Waals surface area (Å²) in [6.07, 6.45) is 1.97. The second-order valence-electron chi connectivity index (χ2n) is 5.79. The molecule has 7 heteroatoms. The van der Waals surface area contributed by atoms with Crippen LogP contribution in [-0.2, 0) is 17.8 Å². The van der Waals surface area contributed by atoms with Gasteiger partial charge in [0.25, 0.3) is 5.91 Å². The van der Waals surface area contributed by atoms with Gasteiger partial charge in [-0.2, -0.15) is 0 Å². The summed E-state index contributed by atoms with van der Waals surface area (Å²) in [5.74, 6) is -0.148. The molecule has 1 aromatic carbocycles. The number of fused-ring (bicyclic) bond motifs is 1. The fourth-order valence-corrected chi connectivity index (χ4v) is 2.94. The molecule has 2 aromatic rings. The summed E-state index contributed by atoms with van der Waals surface area (Å²) in [7, 11) is 1.83. The van der Waals surface area contributed by atoms with Gasteiger partial charge in [0.2, 0.25) is 5.91 Å². The molecule has 0 spiro atoms. The van der Waals surface area contributed by atoms with Crippen LogP contribution in [0, 0.1) is 0 Å². The van der Waals surface area contributed by atoms with E-state index < -0.39 is 6.04 Å². The zero-order valence-electron chi connectivity index (χ0n) is 14.0. The van der Waals surface area contributed by atoms with E-state index in [-0.39, 0.29) is 30.0 Å². The van der Waals surface area contributed by atoms with E-state index in [1.807, 2.05) is 31.3 Å². The Morgan fingerprint density at radius 3 is 2.60 bits per heavy atom. The Bertz CT molecular complexity index is 718. The first kappa shape index (κ1) is 19.0. The Balaban J connectivity index is 0.00000225. The van der Waals surface area contributed by atoms with Crippen molar-refractivity contribution in [2.75, 3.05) is 20.1 Å². The minimum atomic E-state index is -0.533. The molecule has 1 aliphatic rings. The van der Waals surface area contributed by atoms with E-state index in [0.29, 0.717) is 26.1 Å². The van der Waals surface area contributed by atoms with Gasteiger partial charge in [-0.05, 0) is 30.3 Å². The molecule has 2 amide bonds. The molecule has 25 heavy (non-hydrogen) atoms. The normalized spacial score (nSPS) is 15.9. The maximum Gasteiger partial charge on any atom is 0.290 e. The topological polar surface area (TPSA) is 74.6 Å². The number of benzene rings is 1. The molecule has 0 saturated heterocycles. The largest absolute Gasteiger partial charge is 0.459 e. The predicted molar refractivity (Wildman–Crippen MR) is 96.7 cm³/mol. The van der Waals surface area contributed by atoms with Gasteiger partial charge in [-0.3, -0.25) is 9.59 Å².